The zero-order valence-electron chi connectivity index (χ0n) is 79.9. The molecule has 3 amide bonds. The minimum Gasteiger partial charge on any atom is -0.662 e. The predicted octanol–water partition coefficient (Wildman–Crippen LogP) is 12.8. The Morgan fingerprint density at radius 2 is 1.14 bits per heavy atom. The Bertz CT molecular complexity index is 5380. The van der Waals surface area contributed by atoms with Gasteiger partial charge in [0, 0.05) is 69.4 Å². The van der Waals surface area contributed by atoms with Gasteiger partial charge >= 0.3 is 17.9 Å². The number of aryl methyl sites for hydroxylation is 2. The molecule has 2 fully saturated rings. The molecule has 41 nitrogen and oxygen atoms in total. The van der Waals surface area contributed by atoms with Gasteiger partial charge in [0.05, 0.1) is 81.2 Å². The number of benzene rings is 9. The van der Waals surface area contributed by atoms with Crippen LogP contribution in [0.3, 0.4) is 0 Å². The number of ether oxygens (including phenoxy) is 2. The first-order chi connectivity index (χ1) is 68.9. The van der Waals surface area contributed by atoms with Gasteiger partial charge < -0.3 is 59.7 Å². The summed E-state index contributed by atoms with van der Waals surface area (Å²) in [5.41, 5.74) is 16.1. The fourth-order valence-electron chi connectivity index (χ4n) is 14.0. The summed E-state index contributed by atoms with van der Waals surface area (Å²) >= 11 is 2.75. The number of carbonyl (C=O) groups is 6. The number of aromatic hydroxyl groups is 1. The van der Waals surface area contributed by atoms with E-state index in [-0.39, 0.29) is 78.3 Å². The van der Waals surface area contributed by atoms with Crippen LogP contribution in [0.5, 0.6) is 11.5 Å². The summed E-state index contributed by atoms with van der Waals surface area (Å²) in [6, 6.07) is 82.7. The van der Waals surface area contributed by atoms with Crippen molar-refractivity contribution < 1.29 is 118 Å². The normalized spacial score (nSPS) is 13.0. The molecule has 26 N–H and O–H groups in total. The van der Waals surface area contributed by atoms with Crippen LogP contribution in [0.25, 0.3) is 0 Å². The molecule has 0 saturated heterocycles. The minimum atomic E-state index is -1.37. The quantitative estimate of drug-likeness (QED) is 0.00327. The van der Waals surface area contributed by atoms with Crippen LogP contribution in [0.4, 0.5) is 21.6 Å². The van der Waals surface area contributed by atoms with Crippen LogP contribution in [0.2, 0.25) is 0 Å². The van der Waals surface area contributed by atoms with Crippen molar-refractivity contribution in [2.45, 2.75) is 148 Å². The second kappa shape index (κ2) is 72.2. The zero-order chi connectivity index (χ0) is 104. The number of nitrogens with two attached hydrogens (primary N) is 11. The first kappa shape index (κ1) is 122. The van der Waals surface area contributed by atoms with Crippen molar-refractivity contribution in [1.82, 2.24) is 25.7 Å². The van der Waals surface area contributed by atoms with Gasteiger partial charge in [0.15, 0.2) is 11.0 Å². The van der Waals surface area contributed by atoms with Gasteiger partial charge in [-0.2, -0.15) is 18.4 Å². The number of nitrogens with one attached hydrogen (secondary N) is 3. The van der Waals surface area contributed by atoms with Gasteiger partial charge in [-0.15, -0.1) is 28.0 Å². The number of thiazole rings is 1. The number of nitro benzene ring substituents is 1. The van der Waals surface area contributed by atoms with Gasteiger partial charge in [-0.1, -0.05) is 261 Å². The van der Waals surface area contributed by atoms with E-state index in [9.17, 15) is 38.9 Å². The molecular weight excluding hydrogens is 1930 g/mol. The number of para-hydroxylation sites is 2. The number of aromatic nitrogens is 4. The minimum absolute atomic E-state index is 0. The summed E-state index contributed by atoms with van der Waals surface area (Å²) in [5.74, 6) is 46.8. The molecule has 4 unspecified atom stereocenters. The fourth-order valence-corrected chi connectivity index (χ4v) is 15.4. The number of unbranched alkanes of at least 4 members (excludes halogenated alkanes) is 1. The Kier molecular flexibility index (Phi) is 61.7. The first-order valence-corrected chi connectivity index (χ1v) is 46.2. The molecule has 4 atom stereocenters. The molecule has 774 valence electrons. The van der Waals surface area contributed by atoms with Crippen molar-refractivity contribution in [3.8, 4) is 11.5 Å². The number of esters is 1. The number of carbonyl (C=O) groups excluding carboxylic acids is 6. The van der Waals surface area contributed by atoms with Crippen LogP contribution in [-0.2, 0) is 137 Å². The Hall–Kier alpha value is -13.1. The molecule has 12 aromatic rings. The third-order valence-corrected chi connectivity index (χ3v) is 22.4. The van der Waals surface area contributed by atoms with Crippen LogP contribution in [0.15, 0.2) is 271 Å². The molecule has 0 aliphatic heterocycles. The fraction of sp³-hybridized carbons (Fsp3) is 0.303. The van der Waals surface area contributed by atoms with Gasteiger partial charge in [-0.3, -0.25) is 68.4 Å². The van der Waals surface area contributed by atoms with Crippen LogP contribution in [0.1, 0.15) is 157 Å². The molecule has 3 heterocycles. The Morgan fingerprint density at radius 1 is 0.601 bits per heavy atom. The third kappa shape index (κ3) is 45.8. The van der Waals surface area contributed by atoms with Gasteiger partial charge in [-0.25, -0.2) is 52.2 Å². The number of nitro groups is 1. The second-order valence-electron chi connectivity index (χ2n) is 30.8. The average Bonchev–Trinajstić information content (AvgIpc) is 1.50. The van der Waals surface area contributed by atoms with E-state index in [2.05, 4.69) is 188 Å². The topological polar surface area (TPSA) is 664 Å². The Morgan fingerprint density at radius 3 is 1.62 bits per heavy atom. The molecule has 14 rings (SSSR count). The largest absolute Gasteiger partial charge is 0.662 e. The van der Waals surface area contributed by atoms with Crippen molar-refractivity contribution in [2.75, 3.05) is 37.6 Å². The maximum absolute atomic E-state index is 12.6. The number of non-ortho nitro benzene ring substituents is 1. The number of phenols is 1. The SMILES string of the molecule is CC(=O)Nc1nc(CON)cs1.CCC[CH-]Oc1ccc(CON)cc1.COC(=O)C(CON)C(=O)NC(=O)C(N)CON.Cc1noc(C)c1CON.NOC(=O)C1C(c2ccccc2)C1(c1ccccc1)c1ccccc1.NOC(=O)CC1CCCCC1.NOCCCC(c1ccccc1)c1ccccc1.NOCc1cccc([N+](=O)[O-])c1.NOCc1nnc(Nc2ccccc2)s1.Oc1ccccc1.[Ni]. The molecule has 0 radical (unpaired) electrons. The molecule has 2 aliphatic carbocycles. The van der Waals surface area contributed by atoms with E-state index >= 15 is 0 Å². The molecule has 143 heavy (non-hydrogen) atoms. The van der Waals surface area contributed by atoms with Crippen molar-refractivity contribution in [3.63, 3.8) is 0 Å². The predicted molar refractivity (Wildman–Crippen MR) is 533 cm³/mol. The Balaban J connectivity index is 0.000000336. The van der Waals surface area contributed by atoms with E-state index in [4.69, 9.17) is 79.1 Å². The number of anilines is 3. The third-order valence-electron chi connectivity index (χ3n) is 20.7. The van der Waals surface area contributed by atoms with Crippen molar-refractivity contribution in [2.24, 2.45) is 82.5 Å². The number of phenolic OH excluding ortho intramolecular Hbond substituents is 1. The van der Waals surface area contributed by atoms with Crippen LogP contribution < -0.4 is 85.4 Å². The van der Waals surface area contributed by atoms with E-state index in [0.29, 0.717) is 60.2 Å². The molecule has 9 aromatic carbocycles. The summed E-state index contributed by atoms with van der Waals surface area (Å²) in [6.45, 7) is 10.4. The number of amides is 3. The number of hydrogen-bond donors (Lipinski definition) is 15. The molecule has 44 heteroatoms. The zero-order valence-corrected chi connectivity index (χ0v) is 82.5. The van der Waals surface area contributed by atoms with Gasteiger partial charge in [0.25, 0.3) is 5.69 Å². The van der Waals surface area contributed by atoms with Crippen molar-refractivity contribution >= 4 is 79.9 Å². The van der Waals surface area contributed by atoms with Crippen LogP contribution in [-0.4, -0.2) is 99.0 Å². The maximum Gasteiger partial charge on any atom is 0.329 e. The summed E-state index contributed by atoms with van der Waals surface area (Å²) in [7, 11) is 1.08. The molecule has 0 bridgehead atoms. The van der Waals surface area contributed by atoms with Crippen LogP contribution in [0, 0.1) is 48.3 Å². The molecule has 2 saturated carbocycles. The number of methoxy groups -OCH3 is 1. The Labute approximate surface area is 847 Å². The summed E-state index contributed by atoms with van der Waals surface area (Å²) < 4.78 is 14.6. The number of imide groups is 1. The van der Waals surface area contributed by atoms with Gasteiger partial charge in [-0.05, 0) is 121 Å². The standard InChI is InChI=1S/C22H19NO2.C16H19NO.C11H16NO2.C9H10N4OS.C8H16N4O6.C8H15NO2.C7H8N2O3.C6H9N3O2S.C6H10N2O2.C6H6O.Ni/c23-25-21(24)20-19(16-10-4-1-5-11-16)22(20,17-12-6-2-7-13-17)18-14-8-3-9-15-18;17-18-13-7-12-16(14-8-3-1-4-9-14)15-10-5-2-6-11-15;1-2-3-8-13-11-6-4-10(5-7-11)9-14-12;10-14-6-8-12-13-9(15-8)11-7-4-2-1-3-5-7;1-16-8(15)4(2-17-10)6(13)12-7(14)5(9)3-18-11;9-11-8(10)6-7-4-2-1-3-5-7;8-12-5-6-2-1-3-7(4-6)9(10)11;1-4(10)8-6-9-5(2-11-7)3-12-6;1-4-6(3-9-7)5(2)10-8-4;7-6-4-2-1-3-5-6;/h1-15,19-20H,23H2;1-6,8-11,16H,7,12-13,17H2;4-8H,2-3,9,12H2,1H3;1-5H,6,10H2,(H,11,13);4-5H,2-3,9-11H2,1H3,(H,12,13,14);7H,1-6,9H2;1-4H,5,8H2;3H,2,7H2,1H3,(H,8,9,10);3,7H2,1-2H3;1-5,7H;/q;;-1;;;;;;;;. The maximum atomic E-state index is 12.6. The average molecular weight is 2060 g/mol. The smallest absolute Gasteiger partial charge is 0.329 e. The van der Waals surface area contributed by atoms with Gasteiger partial charge in [0.2, 0.25) is 22.9 Å². The van der Waals surface area contributed by atoms with Crippen LogP contribution >= 0.6 is 22.7 Å². The number of hydrogen-bond acceptors (Lipinski definition) is 40. The van der Waals surface area contributed by atoms with E-state index < -0.39 is 46.7 Å². The van der Waals surface area contributed by atoms with Gasteiger partial charge in [0.1, 0.15) is 35.8 Å². The molecular formula is C99H128N19NiO22S2-. The van der Waals surface area contributed by atoms with Crippen molar-refractivity contribution in [1.29, 1.82) is 0 Å². The summed E-state index contributed by atoms with van der Waals surface area (Å²) in [4.78, 5) is 126. The number of nitrogens with zero attached hydrogens (tertiary/aromatic N) is 5. The van der Waals surface area contributed by atoms with E-state index in [1.165, 1.54) is 72.1 Å². The number of rotatable bonds is 37. The molecule has 0 spiro atoms. The molecule has 3 aromatic heterocycles. The van der Waals surface area contributed by atoms with Crippen molar-refractivity contribution in [3.05, 3.63) is 350 Å². The monoisotopic (exact) mass is 2060 g/mol. The van der Waals surface area contributed by atoms with E-state index in [0.717, 1.165) is 106 Å². The van der Waals surface area contributed by atoms with E-state index in [1.807, 2.05) is 141 Å². The second-order valence-corrected chi connectivity index (χ2v) is 32.8. The first-order valence-electron chi connectivity index (χ1n) is 44.5. The molecule has 2 aliphatic rings. The summed E-state index contributed by atoms with van der Waals surface area (Å²) in [5, 5.41) is 41.9. The van der Waals surface area contributed by atoms with E-state index in [1.54, 1.807) is 41.8 Å². The summed E-state index contributed by atoms with van der Waals surface area (Å²) in [6.07, 6.45) is 10.7.